The van der Waals surface area contributed by atoms with E-state index in [0.717, 1.165) is 100 Å². The molecule has 0 bridgehead atoms. The van der Waals surface area contributed by atoms with Crippen LogP contribution in [0.1, 0.15) is 193 Å². The van der Waals surface area contributed by atoms with Gasteiger partial charge in [0.25, 0.3) is 17.7 Å². The molecule has 5 unspecified atom stereocenters. The Morgan fingerprint density at radius 2 is 1.64 bits per heavy atom. The Kier molecular flexibility index (Phi) is 15.9. The molecule has 4 saturated carbocycles. The Morgan fingerprint density at radius 1 is 0.865 bits per heavy atom. The Balaban J connectivity index is 0.845. The van der Waals surface area contributed by atoms with Crippen molar-refractivity contribution in [1.82, 2.24) is 46.4 Å². The van der Waals surface area contributed by atoms with Gasteiger partial charge in [0.2, 0.25) is 29.5 Å². The fourth-order valence-electron chi connectivity index (χ4n) is 13.2. The predicted molar refractivity (Wildman–Crippen MR) is 273 cm³/mol. The van der Waals surface area contributed by atoms with Crippen LogP contribution in [0.25, 0.3) is 0 Å². The molecule has 11 atom stereocenters. The molecule has 1 aromatic heterocycles. The van der Waals surface area contributed by atoms with Crippen LogP contribution in [-0.4, -0.2) is 121 Å². The SMILES string of the molecule is CCC[C@@H](NC(=O)[C@@H]1[C@H]2CCC[C@H]2CN1C(=O)[C@@H](NC(=O)[C@@H](NC(=O)c1cnc(C2CCC(c3ccc4c(c3)CN(C3CCC(=O)NC3=O)C4=O)C(C)C2)cn1)C1CCCCC1)C(C)(C)C)C(O)C(=O)NC1CC1. The summed E-state index contributed by atoms with van der Waals surface area (Å²) in [6, 6.07) is 1.73. The molecule has 2 saturated heterocycles. The Morgan fingerprint density at radius 3 is 2.31 bits per heavy atom. The molecular weight excluding hydrogens is 943 g/mol. The molecule has 8 amide bonds. The third-order valence-corrected chi connectivity index (χ3v) is 17.5. The van der Waals surface area contributed by atoms with Gasteiger partial charge in [-0.05, 0) is 123 Å². The lowest BCUT2D eigenvalue weighted by Crippen LogP contribution is -2.62. The van der Waals surface area contributed by atoms with E-state index in [0.29, 0.717) is 37.9 Å². The quantitative estimate of drug-likeness (QED) is 0.126. The van der Waals surface area contributed by atoms with E-state index in [1.165, 1.54) is 6.20 Å². The van der Waals surface area contributed by atoms with Crippen LogP contribution in [-0.2, 0) is 35.3 Å². The van der Waals surface area contributed by atoms with Gasteiger partial charge in [-0.15, -0.1) is 0 Å². The van der Waals surface area contributed by atoms with Crippen molar-refractivity contribution in [1.29, 1.82) is 0 Å². The van der Waals surface area contributed by atoms with Crippen molar-refractivity contribution < 1.29 is 43.5 Å². The van der Waals surface area contributed by atoms with Crippen molar-refractivity contribution in [3.8, 4) is 0 Å². The number of likely N-dealkylation sites (tertiary alicyclic amines) is 1. The normalized spacial score (nSPS) is 27.8. The Hall–Kier alpha value is -5.78. The van der Waals surface area contributed by atoms with Crippen molar-refractivity contribution in [2.24, 2.45) is 29.1 Å². The highest BCUT2D eigenvalue weighted by Gasteiger charge is 2.53. The van der Waals surface area contributed by atoms with Gasteiger partial charge in [-0.25, -0.2) is 4.98 Å². The van der Waals surface area contributed by atoms with Crippen LogP contribution in [0.4, 0.5) is 0 Å². The van der Waals surface area contributed by atoms with Gasteiger partial charge in [0.05, 0.1) is 17.9 Å². The van der Waals surface area contributed by atoms with E-state index in [2.05, 4.69) is 44.6 Å². The lowest BCUT2D eigenvalue weighted by molar-refractivity contribution is -0.146. The third-order valence-electron chi connectivity index (χ3n) is 17.5. The van der Waals surface area contributed by atoms with Crippen LogP contribution in [0.5, 0.6) is 0 Å². The molecule has 4 heterocycles. The van der Waals surface area contributed by atoms with Gasteiger partial charge < -0.3 is 36.2 Å². The van der Waals surface area contributed by atoms with Gasteiger partial charge in [0.1, 0.15) is 29.9 Å². The van der Waals surface area contributed by atoms with Gasteiger partial charge in [0, 0.05) is 43.2 Å². The largest absolute Gasteiger partial charge is 0.381 e. The summed E-state index contributed by atoms with van der Waals surface area (Å²) < 4.78 is 0. The number of carbonyl (C=O) groups excluding carboxylic acids is 8. The smallest absolute Gasteiger partial charge is 0.272 e. The number of aliphatic hydroxyl groups is 1. The standard InChI is InChI=1S/C56H77N9O9/c1-6-11-40(47(67)53(72)59-36-18-19-36)60-52(71)46-38-15-10-14-34(38)28-65(46)55(74)48(56(3,4)5)63-51(70)45(31-12-8-7-9-13-31)62-49(68)42-27-57-41(26-58-42)33-17-20-37(30(2)24-33)32-16-21-39-35(25-32)29-64(54(39)73)43-22-23-44(66)61-50(43)69/h16,21,25-27,30-31,33-34,36-38,40,43,45-48,67H,6-15,17-20,22-24,28-29H2,1-5H3,(H,59,72)(H,60,71)(H,62,68)(H,63,70)(H,61,66,69)/t30?,33?,34-,37?,38-,40+,43?,45-,46-,47?,48+/m0/s1. The number of piperidine rings is 1. The number of nitrogens with one attached hydrogen (secondary N) is 5. The second kappa shape index (κ2) is 22.2. The number of carbonyl (C=O) groups is 8. The molecule has 400 valence electrons. The summed E-state index contributed by atoms with van der Waals surface area (Å²) in [5.41, 5.74) is 2.72. The number of benzene rings is 1. The number of amides is 8. The van der Waals surface area contributed by atoms with Gasteiger partial charge in [0.15, 0.2) is 6.10 Å². The molecular formula is C56H77N9O9. The van der Waals surface area contributed by atoms with Gasteiger partial charge in [-0.3, -0.25) is 48.7 Å². The van der Waals surface area contributed by atoms with Gasteiger partial charge in [-0.2, -0.15) is 0 Å². The minimum absolute atomic E-state index is 0.0481. The van der Waals surface area contributed by atoms with E-state index in [1.807, 2.05) is 39.8 Å². The number of aliphatic hydroxyl groups excluding tert-OH is 1. The van der Waals surface area contributed by atoms with E-state index < -0.39 is 71.3 Å². The molecule has 7 aliphatic rings. The topological polar surface area (TPSA) is 249 Å². The highest BCUT2D eigenvalue weighted by molar-refractivity contribution is 6.05. The zero-order valence-corrected chi connectivity index (χ0v) is 43.8. The summed E-state index contributed by atoms with van der Waals surface area (Å²) in [7, 11) is 0. The zero-order valence-electron chi connectivity index (χ0n) is 43.8. The van der Waals surface area contributed by atoms with Crippen LogP contribution >= 0.6 is 0 Å². The maximum absolute atomic E-state index is 15.0. The predicted octanol–water partition coefficient (Wildman–Crippen LogP) is 4.69. The zero-order chi connectivity index (χ0) is 52.6. The summed E-state index contributed by atoms with van der Waals surface area (Å²) in [4.78, 5) is 121. The van der Waals surface area contributed by atoms with Crippen LogP contribution in [0.2, 0.25) is 0 Å². The summed E-state index contributed by atoms with van der Waals surface area (Å²) in [6.45, 7) is 10.5. The van der Waals surface area contributed by atoms with E-state index in [-0.39, 0.29) is 71.4 Å². The van der Waals surface area contributed by atoms with E-state index in [4.69, 9.17) is 4.98 Å². The second-order valence-corrected chi connectivity index (χ2v) is 23.8. The Bertz CT molecular complexity index is 2480. The van der Waals surface area contributed by atoms with Crippen molar-refractivity contribution in [3.63, 3.8) is 0 Å². The maximum atomic E-state index is 15.0. The first-order valence-corrected chi connectivity index (χ1v) is 27.7. The number of rotatable bonds is 16. The fraction of sp³-hybridized carbons (Fsp3) is 0.679. The molecule has 0 radical (unpaired) electrons. The van der Waals surface area contributed by atoms with E-state index in [1.54, 1.807) is 16.0 Å². The summed E-state index contributed by atoms with van der Waals surface area (Å²) in [6.07, 6.45) is 14.4. The average molecular weight is 1020 g/mol. The lowest BCUT2D eigenvalue weighted by Gasteiger charge is -2.38. The highest BCUT2D eigenvalue weighted by Crippen LogP contribution is 2.46. The number of aromatic nitrogens is 2. The fourth-order valence-corrected chi connectivity index (χ4v) is 13.2. The molecule has 74 heavy (non-hydrogen) atoms. The van der Waals surface area contributed by atoms with Gasteiger partial charge >= 0.3 is 0 Å². The summed E-state index contributed by atoms with van der Waals surface area (Å²) >= 11 is 0. The number of hydrogen-bond donors (Lipinski definition) is 6. The first-order valence-electron chi connectivity index (χ1n) is 27.7. The highest BCUT2D eigenvalue weighted by atomic mass is 16.3. The molecule has 2 aromatic rings. The third kappa shape index (κ3) is 11.4. The van der Waals surface area contributed by atoms with Crippen LogP contribution in [0, 0.1) is 29.1 Å². The van der Waals surface area contributed by atoms with Crippen LogP contribution < -0.4 is 26.6 Å². The monoisotopic (exact) mass is 1020 g/mol. The minimum atomic E-state index is -1.43. The Labute approximate surface area is 434 Å². The number of nitrogens with zero attached hydrogens (tertiary/aromatic N) is 4. The summed E-state index contributed by atoms with van der Waals surface area (Å²) in [5, 5.41) is 25.4. The van der Waals surface area contributed by atoms with Crippen molar-refractivity contribution in [3.05, 3.63) is 58.7 Å². The maximum Gasteiger partial charge on any atom is 0.272 e. The van der Waals surface area contributed by atoms with Gasteiger partial charge in [-0.1, -0.05) is 78.9 Å². The minimum Gasteiger partial charge on any atom is -0.381 e. The van der Waals surface area contributed by atoms with Crippen molar-refractivity contribution in [2.45, 2.75) is 205 Å². The van der Waals surface area contributed by atoms with Crippen molar-refractivity contribution >= 4 is 47.3 Å². The lowest BCUT2D eigenvalue weighted by atomic mass is 9.71. The van der Waals surface area contributed by atoms with Crippen molar-refractivity contribution in [2.75, 3.05) is 6.54 Å². The first-order chi connectivity index (χ1) is 35.4. The second-order valence-electron chi connectivity index (χ2n) is 23.8. The van der Waals surface area contributed by atoms with E-state index >= 15 is 0 Å². The molecule has 0 spiro atoms. The molecule has 18 nitrogen and oxygen atoms in total. The first kappa shape index (κ1) is 53.1. The summed E-state index contributed by atoms with van der Waals surface area (Å²) in [5.74, 6) is -2.75. The van der Waals surface area contributed by atoms with Crippen LogP contribution in [0.3, 0.4) is 0 Å². The number of hydrogen-bond acceptors (Lipinski definition) is 11. The molecule has 9 rings (SSSR count). The average Bonchev–Trinajstić information content (AvgIpc) is 3.80. The number of imide groups is 1. The molecule has 6 fully saturated rings. The van der Waals surface area contributed by atoms with Crippen LogP contribution in [0.15, 0.2) is 30.6 Å². The molecule has 3 aliphatic heterocycles. The molecule has 4 aliphatic carbocycles. The molecule has 1 aromatic carbocycles. The molecule has 18 heteroatoms. The van der Waals surface area contributed by atoms with E-state index in [9.17, 15) is 43.5 Å². The number of fused-ring (bicyclic) bond motifs is 2. The molecule has 6 N–H and O–H groups in total.